The molecule has 0 saturated heterocycles. The number of nitrogens with two attached hydrogens (primary N) is 1. The summed E-state index contributed by atoms with van der Waals surface area (Å²) in [5.74, 6) is -0.772. The van der Waals surface area contributed by atoms with Crippen LogP contribution < -0.4 is 10.6 Å². The number of amides is 2. The number of nitrogen functional groups attached to an aromatic ring is 1. The Morgan fingerprint density at radius 1 is 1.23 bits per heavy atom. The topological polar surface area (TPSA) is 80.7 Å². The third-order valence-corrected chi connectivity index (χ3v) is 3.31. The summed E-state index contributed by atoms with van der Waals surface area (Å²) in [5, 5.41) is 0. The van der Waals surface area contributed by atoms with Gasteiger partial charge in [0.2, 0.25) is 5.91 Å². The zero-order valence-corrected chi connectivity index (χ0v) is 11.9. The van der Waals surface area contributed by atoms with Crippen LogP contribution in [0.2, 0.25) is 0 Å². The van der Waals surface area contributed by atoms with E-state index in [1.54, 1.807) is 59.5 Å². The molecule has 3 aromatic rings. The first-order chi connectivity index (χ1) is 10.6. The van der Waals surface area contributed by atoms with Gasteiger partial charge < -0.3 is 10.1 Å². The molecule has 110 valence electrons. The van der Waals surface area contributed by atoms with Gasteiger partial charge in [-0.25, -0.2) is 9.88 Å². The van der Waals surface area contributed by atoms with Crippen molar-refractivity contribution in [2.45, 2.75) is 6.92 Å². The molecule has 0 radical (unpaired) electrons. The third-order valence-electron chi connectivity index (χ3n) is 3.31. The summed E-state index contributed by atoms with van der Waals surface area (Å²) in [5.41, 5.74) is 7.86. The summed E-state index contributed by atoms with van der Waals surface area (Å²) < 4.78 is 1.79. The Hall–Kier alpha value is -3.15. The molecule has 0 aliphatic rings. The van der Waals surface area contributed by atoms with Crippen LogP contribution >= 0.6 is 0 Å². The summed E-state index contributed by atoms with van der Waals surface area (Å²) >= 11 is 0. The Labute approximate surface area is 126 Å². The van der Waals surface area contributed by atoms with Gasteiger partial charge >= 0.3 is 0 Å². The van der Waals surface area contributed by atoms with Crippen LogP contribution in [0, 0.1) is 0 Å². The van der Waals surface area contributed by atoms with Crippen LogP contribution in [0.1, 0.15) is 17.3 Å². The van der Waals surface area contributed by atoms with Crippen molar-refractivity contribution in [1.29, 1.82) is 0 Å². The predicted octanol–water partition coefficient (Wildman–Crippen LogP) is 2.11. The molecule has 2 amide bonds. The number of hydrogen-bond donors (Lipinski definition) is 1. The quantitative estimate of drug-likeness (QED) is 0.734. The van der Waals surface area contributed by atoms with Crippen LogP contribution in [-0.2, 0) is 4.79 Å². The number of pyridine rings is 1. The van der Waals surface area contributed by atoms with E-state index in [0.29, 0.717) is 16.9 Å². The fraction of sp³-hybridized carbons (Fsp3) is 0.0625. The Balaban J connectivity index is 2.04. The number of nitrogens with zero attached hydrogens (tertiary/aromatic N) is 3. The summed E-state index contributed by atoms with van der Waals surface area (Å²) in [6.45, 7) is 1.35. The van der Waals surface area contributed by atoms with Gasteiger partial charge in [0.25, 0.3) is 5.91 Å². The normalized spacial score (nSPS) is 10.6. The van der Waals surface area contributed by atoms with Gasteiger partial charge in [0.15, 0.2) is 0 Å². The molecule has 0 atom stereocenters. The minimum atomic E-state index is -0.401. The molecule has 22 heavy (non-hydrogen) atoms. The zero-order valence-electron chi connectivity index (χ0n) is 11.9. The van der Waals surface area contributed by atoms with E-state index < -0.39 is 5.91 Å². The van der Waals surface area contributed by atoms with Gasteiger partial charge in [0, 0.05) is 24.4 Å². The van der Waals surface area contributed by atoms with Gasteiger partial charge in [-0.1, -0.05) is 6.07 Å². The van der Waals surface area contributed by atoms with E-state index in [9.17, 15) is 9.59 Å². The molecule has 6 nitrogen and oxygen atoms in total. The third kappa shape index (κ3) is 2.42. The molecule has 1 aromatic carbocycles. The lowest BCUT2D eigenvalue weighted by atomic mass is 10.2. The molecule has 2 N–H and O–H groups in total. The fourth-order valence-electron chi connectivity index (χ4n) is 2.29. The maximum Gasteiger partial charge on any atom is 0.265 e. The number of rotatable bonds is 2. The van der Waals surface area contributed by atoms with E-state index in [4.69, 9.17) is 5.73 Å². The molecule has 0 spiro atoms. The van der Waals surface area contributed by atoms with E-state index in [2.05, 4.69) is 4.98 Å². The number of imidazole rings is 1. The van der Waals surface area contributed by atoms with E-state index in [1.165, 1.54) is 6.92 Å². The van der Waals surface area contributed by atoms with E-state index in [0.717, 1.165) is 10.4 Å². The SMILES string of the molecule is CC(=O)N(C(=O)c1ccn2cncc2c1)c1cccc(N)c1. The number of anilines is 2. The highest BCUT2D eigenvalue weighted by molar-refractivity contribution is 6.20. The van der Waals surface area contributed by atoms with E-state index in [-0.39, 0.29) is 5.91 Å². The van der Waals surface area contributed by atoms with Crippen LogP contribution in [0.15, 0.2) is 55.1 Å². The van der Waals surface area contributed by atoms with Crippen LogP contribution in [0.5, 0.6) is 0 Å². The minimum Gasteiger partial charge on any atom is -0.399 e. The smallest absolute Gasteiger partial charge is 0.265 e. The van der Waals surface area contributed by atoms with Gasteiger partial charge in [0.05, 0.1) is 23.7 Å². The molecule has 0 aliphatic heterocycles. The van der Waals surface area contributed by atoms with Gasteiger partial charge in [-0.2, -0.15) is 0 Å². The van der Waals surface area contributed by atoms with Crippen molar-refractivity contribution in [2.24, 2.45) is 0 Å². The molecular weight excluding hydrogens is 280 g/mol. The molecular formula is C16H14N4O2. The first kappa shape index (κ1) is 13.8. The average Bonchev–Trinajstić information content (AvgIpc) is 2.94. The van der Waals surface area contributed by atoms with Crippen LogP contribution in [0.25, 0.3) is 5.52 Å². The zero-order chi connectivity index (χ0) is 15.7. The second-order valence-corrected chi connectivity index (χ2v) is 4.90. The molecule has 0 unspecified atom stereocenters. The van der Waals surface area contributed by atoms with Crippen molar-refractivity contribution in [2.75, 3.05) is 10.6 Å². The van der Waals surface area contributed by atoms with Gasteiger partial charge in [-0.05, 0) is 30.3 Å². The van der Waals surface area contributed by atoms with Crippen molar-refractivity contribution in [3.8, 4) is 0 Å². The van der Waals surface area contributed by atoms with Crippen molar-refractivity contribution in [3.63, 3.8) is 0 Å². The number of fused-ring (bicyclic) bond motifs is 1. The number of carbonyl (C=O) groups is 2. The molecule has 0 bridgehead atoms. The van der Waals surface area contributed by atoms with Crippen LogP contribution in [-0.4, -0.2) is 21.2 Å². The summed E-state index contributed by atoms with van der Waals surface area (Å²) in [6, 6.07) is 10.0. The van der Waals surface area contributed by atoms with Gasteiger partial charge in [-0.3, -0.25) is 9.59 Å². The molecule has 0 aliphatic carbocycles. The minimum absolute atomic E-state index is 0.371. The lowest BCUT2D eigenvalue weighted by molar-refractivity contribution is -0.115. The highest BCUT2D eigenvalue weighted by atomic mass is 16.2. The second-order valence-electron chi connectivity index (χ2n) is 4.90. The maximum atomic E-state index is 12.7. The largest absolute Gasteiger partial charge is 0.399 e. The van der Waals surface area contributed by atoms with Crippen molar-refractivity contribution >= 4 is 28.7 Å². The molecule has 2 aromatic heterocycles. The maximum absolute atomic E-state index is 12.7. The standard InChI is InChI=1S/C16H14N4O2/c1-11(21)20(14-4-2-3-13(17)8-14)16(22)12-5-6-19-10-18-9-15(19)7-12/h2-10H,17H2,1H3. The lowest BCUT2D eigenvalue weighted by Crippen LogP contribution is -2.35. The molecule has 3 rings (SSSR count). The van der Waals surface area contributed by atoms with E-state index in [1.807, 2.05) is 0 Å². The highest BCUT2D eigenvalue weighted by Crippen LogP contribution is 2.21. The van der Waals surface area contributed by atoms with Gasteiger partial charge in [0.1, 0.15) is 0 Å². The Bertz CT molecular complexity index is 869. The summed E-state index contributed by atoms with van der Waals surface area (Å²) in [6.07, 6.45) is 5.02. The van der Waals surface area contributed by atoms with Crippen LogP contribution in [0.4, 0.5) is 11.4 Å². The van der Waals surface area contributed by atoms with Crippen LogP contribution in [0.3, 0.4) is 0 Å². The number of benzene rings is 1. The summed E-state index contributed by atoms with van der Waals surface area (Å²) in [7, 11) is 0. The van der Waals surface area contributed by atoms with Crippen molar-refractivity contribution < 1.29 is 9.59 Å². The van der Waals surface area contributed by atoms with E-state index >= 15 is 0 Å². The Morgan fingerprint density at radius 2 is 2.05 bits per heavy atom. The van der Waals surface area contributed by atoms with Crippen molar-refractivity contribution in [1.82, 2.24) is 9.38 Å². The van der Waals surface area contributed by atoms with Gasteiger partial charge in [-0.15, -0.1) is 0 Å². The first-order valence-corrected chi connectivity index (χ1v) is 6.68. The Kier molecular flexibility index (Phi) is 3.34. The number of aromatic nitrogens is 2. The highest BCUT2D eigenvalue weighted by Gasteiger charge is 2.22. The first-order valence-electron chi connectivity index (χ1n) is 6.68. The number of hydrogen-bond acceptors (Lipinski definition) is 4. The lowest BCUT2D eigenvalue weighted by Gasteiger charge is -2.19. The number of carbonyl (C=O) groups excluding carboxylic acids is 2. The molecule has 0 fully saturated rings. The average molecular weight is 294 g/mol. The Morgan fingerprint density at radius 3 is 2.77 bits per heavy atom. The number of imide groups is 1. The second kappa shape index (κ2) is 5.33. The predicted molar refractivity (Wildman–Crippen MR) is 83.5 cm³/mol. The molecule has 2 heterocycles. The fourth-order valence-corrected chi connectivity index (χ4v) is 2.29. The summed E-state index contributed by atoms with van der Waals surface area (Å²) in [4.78, 5) is 29.7. The monoisotopic (exact) mass is 294 g/mol. The molecule has 6 heteroatoms. The van der Waals surface area contributed by atoms with Crippen molar-refractivity contribution in [3.05, 3.63) is 60.7 Å². The molecule has 0 saturated carbocycles.